The van der Waals surface area contributed by atoms with E-state index in [1.54, 1.807) is 6.08 Å². The Morgan fingerprint density at radius 2 is 2.11 bits per heavy atom. The largest absolute Gasteiger partial charge is 0.466 e. The molecule has 5 heteroatoms. The van der Waals surface area contributed by atoms with E-state index in [1.165, 1.54) is 7.11 Å². The number of esters is 1. The predicted molar refractivity (Wildman–Crippen MR) is 69.7 cm³/mol. The van der Waals surface area contributed by atoms with Gasteiger partial charge in [-0.2, -0.15) is 0 Å². The topological polar surface area (TPSA) is 75.1 Å². The lowest BCUT2D eigenvalue weighted by Crippen LogP contribution is -2.02. The Hall–Kier alpha value is -2.26. The zero-order chi connectivity index (χ0) is 13.5. The van der Waals surface area contributed by atoms with Gasteiger partial charge in [0.15, 0.2) is 0 Å². The van der Waals surface area contributed by atoms with Crippen molar-refractivity contribution in [1.29, 1.82) is 0 Å². The summed E-state index contributed by atoms with van der Waals surface area (Å²) >= 11 is 0. The van der Waals surface area contributed by atoms with E-state index in [9.17, 15) is 4.79 Å². The Kier molecular flexibility index (Phi) is 4.96. The zero-order valence-corrected chi connectivity index (χ0v) is 10.6. The van der Waals surface area contributed by atoms with Crippen LogP contribution in [-0.4, -0.2) is 13.1 Å². The number of benzene rings is 1. The predicted octanol–water partition coefficient (Wildman–Crippen LogP) is 3.63. The Balaban J connectivity index is 3.28. The highest BCUT2D eigenvalue weighted by molar-refractivity contribution is 5.93. The average molecular weight is 245 g/mol. The third-order valence-electron chi connectivity index (χ3n) is 2.46. The van der Waals surface area contributed by atoms with Crippen molar-refractivity contribution >= 4 is 12.0 Å². The molecule has 0 unspecified atom stereocenters. The van der Waals surface area contributed by atoms with E-state index < -0.39 is 5.97 Å². The molecule has 5 nitrogen and oxygen atoms in total. The van der Waals surface area contributed by atoms with Crippen LogP contribution in [0.2, 0.25) is 0 Å². The molecule has 0 fully saturated rings. The molecule has 18 heavy (non-hydrogen) atoms. The summed E-state index contributed by atoms with van der Waals surface area (Å²) in [5.74, 6) is -0.339. The van der Waals surface area contributed by atoms with Gasteiger partial charge in [-0.1, -0.05) is 43.2 Å². The number of methoxy groups -OCH3 is 1. The lowest BCUT2D eigenvalue weighted by atomic mass is 9.97. The van der Waals surface area contributed by atoms with Gasteiger partial charge in [0.25, 0.3) is 0 Å². The summed E-state index contributed by atoms with van der Waals surface area (Å²) in [5, 5.41) is 3.36. The van der Waals surface area contributed by atoms with E-state index in [0.717, 1.165) is 11.1 Å². The van der Waals surface area contributed by atoms with Crippen LogP contribution < -0.4 is 0 Å². The highest BCUT2D eigenvalue weighted by atomic mass is 16.5. The molecule has 0 aromatic heterocycles. The smallest absolute Gasteiger partial charge is 0.340 e. The summed E-state index contributed by atoms with van der Waals surface area (Å²) in [6, 6.07) is 7.63. The van der Waals surface area contributed by atoms with Crippen LogP contribution in [0.3, 0.4) is 0 Å². The fourth-order valence-electron chi connectivity index (χ4n) is 1.60. The van der Waals surface area contributed by atoms with Crippen molar-refractivity contribution in [3.05, 3.63) is 51.5 Å². The van der Waals surface area contributed by atoms with Gasteiger partial charge in [-0.05, 0) is 28.7 Å². The van der Waals surface area contributed by atoms with Gasteiger partial charge in [0.05, 0.1) is 7.11 Å². The third-order valence-corrected chi connectivity index (χ3v) is 2.46. The summed E-state index contributed by atoms with van der Waals surface area (Å²) in [6.45, 7) is 4.11. The maximum atomic E-state index is 11.4. The minimum Gasteiger partial charge on any atom is -0.466 e. The number of hydrogen-bond donors (Lipinski definition) is 0. The van der Waals surface area contributed by atoms with Crippen LogP contribution in [0.4, 0.5) is 0 Å². The summed E-state index contributed by atoms with van der Waals surface area (Å²) in [5.41, 5.74) is 10.3. The third kappa shape index (κ3) is 3.37. The first-order valence-electron chi connectivity index (χ1n) is 5.54. The quantitative estimate of drug-likeness (QED) is 0.267. The normalized spacial score (nSPS) is 11.0. The standard InChI is InChI=1S/C13H15N3O2/c1-9(2)11-7-5-4-6-10(11)8-12(15-16-14)13(17)18-3/h4-9H,1-3H3/b12-8-. The molecule has 94 valence electrons. The summed E-state index contributed by atoms with van der Waals surface area (Å²) in [4.78, 5) is 14.1. The maximum Gasteiger partial charge on any atom is 0.340 e. The SMILES string of the molecule is COC(=O)/C(=C/c1ccccc1C(C)C)N=[N+]=[N-]. The number of ether oxygens (including phenoxy) is 1. The van der Waals surface area contributed by atoms with Crippen LogP contribution in [0.5, 0.6) is 0 Å². The van der Waals surface area contributed by atoms with Crippen molar-refractivity contribution in [1.82, 2.24) is 0 Å². The molecule has 0 saturated carbocycles. The molecule has 0 aliphatic carbocycles. The fourth-order valence-corrected chi connectivity index (χ4v) is 1.60. The summed E-state index contributed by atoms with van der Waals surface area (Å²) in [7, 11) is 1.25. The monoisotopic (exact) mass is 245 g/mol. The first kappa shape index (κ1) is 13.8. The Bertz CT molecular complexity index is 515. The molecule has 0 heterocycles. The van der Waals surface area contributed by atoms with Crippen molar-refractivity contribution in [3.8, 4) is 0 Å². The van der Waals surface area contributed by atoms with Crippen molar-refractivity contribution in [2.75, 3.05) is 7.11 Å². The Morgan fingerprint density at radius 3 is 2.67 bits per heavy atom. The van der Waals surface area contributed by atoms with Gasteiger partial charge in [-0.25, -0.2) is 4.79 Å². The number of carbonyl (C=O) groups excluding carboxylic acids is 1. The van der Waals surface area contributed by atoms with E-state index in [2.05, 4.69) is 28.6 Å². The molecular formula is C13H15N3O2. The van der Waals surface area contributed by atoms with E-state index in [0.29, 0.717) is 5.92 Å². The van der Waals surface area contributed by atoms with E-state index in [4.69, 9.17) is 5.53 Å². The molecular weight excluding hydrogens is 230 g/mol. The number of carbonyl (C=O) groups is 1. The second kappa shape index (κ2) is 6.47. The van der Waals surface area contributed by atoms with E-state index >= 15 is 0 Å². The van der Waals surface area contributed by atoms with E-state index in [-0.39, 0.29) is 5.70 Å². The molecule has 0 amide bonds. The van der Waals surface area contributed by atoms with Crippen molar-refractivity contribution in [2.45, 2.75) is 19.8 Å². The van der Waals surface area contributed by atoms with Crippen LogP contribution in [0.25, 0.3) is 16.5 Å². The molecule has 1 rings (SSSR count). The van der Waals surface area contributed by atoms with Crippen LogP contribution in [0, 0.1) is 0 Å². The molecule has 0 aliphatic rings. The van der Waals surface area contributed by atoms with Gasteiger partial charge in [-0.3, -0.25) is 0 Å². The highest BCUT2D eigenvalue weighted by Crippen LogP contribution is 2.22. The van der Waals surface area contributed by atoms with Crippen molar-refractivity contribution < 1.29 is 9.53 Å². The summed E-state index contributed by atoms with van der Waals surface area (Å²) in [6.07, 6.45) is 1.54. The first-order chi connectivity index (χ1) is 8.60. The Labute approximate surface area is 106 Å². The van der Waals surface area contributed by atoms with Crippen LogP contribution in [0.15, 0.2) is 35.1 Å². The number of hydrogen-bond acceptors (Lipinski definition) is 3. The molecule has 0 atom stereocenters. The first-order valence-corrected chi connectivity index (χ1v) is 5.54. The van der Waals surface area contributed by atoms with Crippen LogP contribution in [0.1, 0.15) is 30.9 Å². The number of rotatable bonds is 4. The minimum absolute atomic E-state index is 0.0481. The molecule has 0 spiro atoms. The Morgan fingerprint density at radius 1 is 1.44 bits per heavy atom. The molecule has 0 radical (unpaired) electrons. The summed E-state index contributed by atoms with van der Waals surface area (Å²) < 4.78 is 4.57. The fraction of sp³-hybridized carbons (Fsp3) is 0.308. The molecule has 0 saturated heterocycles. The van der Waals surface area contributed by atoms with Gasteiger partial charge in [0, 0.05) is 4.91 Å². The lowest BCUT2D eigenvalue weighted by Gasteiger charge is -2.09. The van der Waals surface area contributed by atoms with Crippen LogP contribution >= 0.6 is 0 Å². The highest BCUT2D eigenvalue weighted by Gasteiger charge is 2.10. The van der Waals surface area contributed by atoms with Gasteiger partial charge in [0.2, 0.25) is 0 Å². The average Bonchev–Trinajstić information content (AvgIpc) is 2.37. The second-order valence-electron chi connectivity index (χ2n) is 3.99. The molecule has 1 aromatic carbocycles. The molecule has 1 aromatic rings. The van der Waals surface area contributed by atoms with Crippen LogP contribution in [-0.2, 0) is 9.53 Å². The van der Waals surface area contributed by atoms with Gasteiger partial charge >= 0.3 is 5.97 Å². The van der Waals surface area contributed by atoms with Gasteiger partial charge in [0.1, 0.15) is 5.70 Å². The van der Waals surface area contributed by atoms with Gasteiger partial charge < -0.3 is 4.74 Å². The number of nitrogens with zero attached hydrogens (tertiary/aromatic N) is 3. The second-order valence-corrected chi connectivity index (χ2v) is 3.99. The van der Waals surface area contributed by atoms with Gasteiger partial charge in [-0.15, -0.1) is 0 Å². The molecule has 0 N–H and O–H groups in total. The molecule has 0 bridgehead atoms. The zero-order valence-electron chi connectivity index (χ0n) is 10.6. The maximum absolute atomic E-state index is 11.4. The number of azide groups is 1. The van der Waals surface area contributed by atoms with E-state index in [1.807, 2.05) is 24.3 Å². The molecule has 0 aliphatic heterocycles. The lowest BCUT2D eigenvalue weighted by molar-refractivity contribution is -0.136. The van der Waals surface area contributed by atoms with Crippen molar-refractivity contribution in [3.63, 3.8) is 0 Å². The van der Waals surface area contributed by atoms with Crippen molar-refractivity contribution in [2.24, 2.45) is 5.11 Å². The minimum atomic E-state index is -0.647.